The highest BCUT2D eigenvalue weighted by atomic mass is 16.5. The van der Waals surface area contributed by atoms with Gasteiger partial charge in [0.2, 0.25) is 5.91 Å². The summed E-state index contributed by atoms with van der Waals surface area (Å²) in [5, 5.41) is 6.54. The third kappa shape index (κ3) is 6.51. The highest BCUT2D eigenvalue weighted by Gasteiger charge is 2.05. The Hall–Kier alpha value is -3.28. The lowest BCUT2D eigenvalue weighted by Crippen LogP contribution is -2.36. The number of carbonyl (C=O) groups excluding carboxylic acids is 1. The van der Waals surface area contributed by atoms with Crippen LogP contribution in [0.3, 0.4) is 0 Å². The van der Waals surface area contributed by atoms with Gasteiger partial charge in [0.1, 0.15) is 12.4 Å². The van der Waals surface area contributed by atoms with Crippen molar-refractivity contribution in [3.05, 3.63) is 77.9 Å². The molecule has 2 aromatic carbocycles. The van der Waals surface area contributed by atoms with Crippen molar-refractivity contribution < 1.29 is 9.53 Å². The van der Waals surface area contributed by atoms with Crippen molar-refractivity contribution in [2.45, 2.75) is 20.0 Å². The van der Waals surface area contributed by atoms with Gasteiger partial charge in [-0.3, -0.25) is 4.79 Å². The second kappa shape index (κ2) is 10.7. The van der Waals surface area contributed by atoms with Crippen LogP contribution in [0.5, 0.6) is 5.75 Å². The molecule has 2 aromatic rings. The van der Waals surface area contributed by atoms with E-state index in [4.69, 9.17) is 10.5 Å². The van der Waals surface area contributed by atoms with E-state index in [1.807, 2.05) is 43.3 Å². The fourth-order valence-corrected chi connectivity index (χ4v) is 2.40. The topological polar surface area (TPSA) is 88.7 Å². The monoisotopic (exact) mass is 366 g/mol. The Bertz CT molecular complexity index is 785. The predicted molar refractivity (Wildman–Crippen MR) is 109 cm³/mol. The number of hydrogen-bond donors (Lipinski definition) is 3. The van der Waals surface area contributed by atoms with E-state index >= 15 is 0 Å². The molecule has 0 aliphatic rings. The van der Waals surface area contributed by atoms with E-state index in [2.05, 4.69) is 22.2 Å². The van der Waals surface area contributed by atoms with Gasteiger partial charge in [0.25, 0.3) is 0 Å². The predicted octanol–water partition coefficient (Wildman–Crippen LogP) is 2.61. The van der Waals surface area contributed by atoms with Crippen molar-refractivity contribution in [1.82, 2.24) is 10.6 Å². The second-order valence-electron chi connectivity index (χ2n) is 5.82. The van der Waals surface area contributed by atoms with E-state index < -0.39 is 5.91 Å². The molecular formula is C21H26N4O2. The molecule has 0 fully saturated rings. The summed E-state index contributed by atoms with van der Waals surface area (Å²) in [6.45, 7) is 7.98. The maximum absolute atomic E-state index is 11.1. The van der Waals surface area contributed by atoms with Crippen LogP contribution in [-0.2, 0) is 13.1 Å². The number of aliphatic imine (C=N–C) groups is 1. The van der Waals surface area contributed by atoms with Crippen LogP contribution < -0.4 is 21.1 Å². The lowest BCUT2D eigenvalue weighted by Gasteiger charge is -2.14. The highest BCUT2D eigenvalue weighted by molar-refractivity contribution is 5.92. The minimum absolute atomic E-state index is 0.433. The number of guanidine groups is 1. The molecule has 0 heterocycles. The number of nitrogens with one attached hydrogen (secondary N) is 2. The van der Waals surface area contributed by atoms with Crippen LogP contribution in [0, 0.1) is 0 Å². The first-order valence-corrected chi connectivity index (χ1v) is 8.86. The maximum Gasteiger partial charge on any atom is 0.248 e. The van der Waals surface area contributed by atoms with E-state index in [9.17, 15) is 4.79 Å². The fraction of sp³-hybridized carbons (Fsp3) is 0.238. The highest BCUT2D eigenvalue weighted by Crippen LogP contribution is 2.17. The summed E-state index contributed by atoms with van der Waals surface area (Å²) in [6, 6.07) is 15.0. The van der Waals surface area contributed by atoms with Crippen molar-refractivity contribution in [3.8, 4) is 5.75 Å². The zero-order valence-electron chi connectivity index (χ0n) is 15.6. The molecule has 6 heteroatoms. The Morgan fingerprint density at radius 2 is 1.93 bits per heavy atom. The number of nitrogens with two attached hydrogens (primary N) is 1. The Balaban J connectivity index is 2.01. The van der Waals surface area contributed by atoms with Crippen molar-refractivity contribution in [3.63, 3.8) is 0 Å². The fourth-order valence-electron chi connectivity index (χ4n) is 2.40. The number of amides is 1. The van der Waals surface area contributed by atoms with Gasteiger partial charge < -0.3 is 21.1 Å². The Labute approximate surface area is 160 Å². The third-order valence-corrected chi connectivity index (χ3v) is 3.78. The normalized spacial score (nSPS) is 10.9. The van der Waals surface area contributed by atoms with Gasteiger partial charge in [-0.1, -0.05) is 43.0 Å². The Kier molecular flexibility index (Phi) is 7.91. The average Bonchev–Trinajstić information content (AvgIpc) is 2.69. The molecule has 0 aromatic heterocycles. The molecule has 0 saturated heterocycles. The number of benzene rings is 2. The number of ether oxygens (including phenoxy) is 1. The van der Waals surface area contributed by atoms with Gasteiger partial charge in [0, 0.05) is 24.2 Å². The van der Waals surface area contributed by atoms with Gasteiger partial charge in [-0.05, 0) is 30.7 Å². The maximum atomic E-state index is 11.1. The molecule has 6 nitrogen and oxygen atoms in total. The number of nitrogens with zero attached hydrogens (tertiary/aromatic N) is 1. The van der Waals surface area contributed by atoms with Crippen LogP contribution in [0.2, 0.25) is 0 Å². The quantitative estimate of drug-likeness (QED) is 0.362. The summed E-state index contributed by atoms with van der Waals surface area (Å²) in [4.78, 5) is 15.7. The minimum atomic E-state index is -0.433. The number of hydrogen-bond acceptors (Lipinski definition) is 3. The summed E-state index contributed by atoms with van der Waals surface area (Å²) < 4.78 is 5.68. The molecule has 0 unspecified atom stereocenters. The van der Waals surface area contributed by atoms with E-state index in [0.717, 1.165) is 23.4 Å². The van der Waals surface area contributed by atoms with Crippen molar-refractivity contribution in [2.24, 2.45) is 10.7 Å². The molecule has 1 amide bonds. The van der Waals surface area contributed by atoms with Crippen LogP contribution in [0.4, 0.5) is 0 Å². The van der Waals surface area contributed by atoms with E-state index in [-0.39, 0.29) is 0 Å². The molecule has 0 aliphatic carbocycles. The number of carbonyl (C=O) groups is 1. The third-order valence-electron chi connectivity index (χ3n) is 3.78. The molecule has 0 atom stereocenters. The van der Waals surface area contributed by atoms with E-state index in [0.29, 0.717) is 31.2 Å². The molecule has 0 spiro atoms. The smallest absolute Gasteiger partial charge is 0.248 e. The van der Waals surface area contributed by atoms with E-state index in [1.54, 1.807) is 18.2 Å². The molecular weight excluding hydrogens is 340 g/mol. The van der Waals surface area contributed by atoms with Gasteiger partial charge >= 0.3 is 0 Å². The molecule has 4 N–H and O–H groups in total. The summed E-state index contributed by atoms with van der Waals surface area (Å²) in [5.41, 5.74) is 7.78. The summed E-state index contributed by atoms with van der Waals surface area (Å²) in [6.07, 6.45) is 1.72. The standard InChI is InChI=1S/C21H26N4O2/c1-3-13-27-19-8-6-5-7-18(19)15-25-21(23-4-2)24-14-16-9-11-17(12-10-16)20(22)26/h3,5-12H,1,4,13-15H2,2H3,(H2,22,26)(H2,23,24,25). The van der Waals surface area contributed by atoms with Crippen molar-refractivity contribution >= 4 is 11.9 Å². The molecule has 142 valence electrons. The van der Waals surface area contributed by atoms with Crippen molar-refractivity contribution in [1.29, 1.82) is 0 Å². The first-order chi connectivity index (χ1) is 13.1. The largest absolute Gasteiger partial charge is 0.489 e. The average molecular weight is 366 g/mol. The van der Waals surface area contributed by atoms with Crippen LogP contribution >= 0.6 is 0 Å². The number of primary amides is 1. The zero-order chi connectivity index (χ0) is 19.5. The SMILES string of the molecule is C=CCOc1ccccc1CNC(=NCc1ccc(C(N)=O)cc1)NCC. The number of para-hydroxylation sites is 1. The molecule has 2 rings (SSSR count). The van der Waals surface area contributed by atoms with Gasteiger partial charge in [0.15, 0.2) is 5.96 Å². The molecule has 0 saturated carbocycles. The van der Waals surface area contributed by atoms with Crippen LogP contribution in [0.25, 0.3) is 0 Å². The summed E-state index contributed by atoms with van der Waals surface area (Å²) >= 11 is 0. The second-order valence-corrected chi connectivity index (χ2v) is 5.82. The first-order valence-electron chi connectivity index (χ1n) is 8.86. The van der Waals surface area contributed by atoms with Gasteiger partial charge in [-0.25, -0.2) is 4.99 Å². The molecule has 0 bridgehead atoms. The number of rotatable bonds is 9. The Morgan fingerprint density at radius 3 is 2.59 bits per heavy atom. The zero-order valence-corrected chi connectivity index (χ0v) is 15.6. The molecule has 0 radical (unpaired) electrons. The van der Waals surface area contributed by atoms with Crippen molar-refractivity contribution in [2.75, 3.05) is 13.2 Å². The molecule has 27 heavy (non-hydrogen) atoms. The minimum Gasteiger partial charge on any atom is -0.489 e. The summed E-state index contributed by atoms with van der Waals surface area (Å²) in [5.74, 6) is 1.09. The lowest BCUT2D eigenvalue weighted by atomic mass is 10.1. The molecule has 0 aliphatic heterocycles. The Morgan fingerprint density at radius 1 is 1.19 bits per heavy atom. The lowest BCUT2D eigenvalue weighted by molar-refractivity contribution is 0.100. The van der Waals surface area contributed by atoms with Gasteiger partial charge in [-0.2, -0.15) is 0 Å². The summed E-state index contributed by atoms with van der Waals surface area (Å²) in [7, 11) is 0. The van der Waals surface area contributed by atoms with Crippen LogP contribution in [-0.4, -0.2) is 25.0 Å². The van der Waals surface area contributed by atoms with Crippen LogP contribution in [0.15, 0.2) is 66.2 Å². The van der Waals surface area contributed by atoms with E-state index in [1.165, 1.54) is 0 Å². The van der Waals surface area contributed by atoms with Gasteiger partial charge in [0.05, 0.1) is 6.54 Å². The van der Waals surface area contributed by atoms with Crippen LogP contribution in [0.1, 0.15) is 28.4 Å². The van der Waals surface area contributed by atoms with Gasteiger partial charge in [-0.15, -0.1) is 0 Å². The first kappa shape index (κ1) is 20.0.